The fourth-order valence-corrected chi connectivity index (χ4v) is 2.86. The first-order chi connectivity index (χ1) is 9.99. The van der Waals surface area contributed by atoms with E-state index in [-0.39, 0.29) is 23.8 Å². The maximum absolute atomic E-state index is 12.4. The maximum Gasteiger partial charge on any atom is 0.228 e. The van der Waals surface area contributed by atoms with Crippen LogP contribution in [-0.2, 0) is 4.79 Å². The number of nitrogens with one attached hydrogen (secondary N) is 1. The molecule has 1 N–H and O–H groups in total. The molecule has 0 spiro atoms. The van der Waals surface area contributed by atoms with E-state index in [0.717, 1.165) is 29.3 Å². The van der Waals surface area contributed by atoms with Crippen LogP contribution in [-0.4, -0.2) is 15.7 Å². The highest BCUT2D eigenvalue weighted by molar-refractivity contribution is 5.96. The van der Waals surface area contributed by atoms with Crippen LogP contribution in [0.3, 0.4) is 0 Å². The van der Waals surface area contributed by atoms with Crippen LogP contribution in [0.5, 0.6) is 0 Å². The number of nitrogens with zero attached hydrogens (tertiary/aromatic N) is 2. The summed E-state index contributed by atoms with van der Waals surface area (Å²) < 4.78 is 7.32. The minimum atomic E-state index is 0.0114. The number of aryl methyl sites for hydroxylation is 1. The quantitative estimate of drug-likeness (QED) is 0.937. The van der Waals surface area contributed by atoms with Crippen molar-refractivity contribution < 1.29 is 9.21 Å². The van der Waals surface area contributed by atoms with E-state index in [0.29, 0.717) is 0 Å². The molecular formula is C16H21N3O2. The van der Waals surface area contributed by atoms with Crippen molar-refractivity contribution >= 4 is 11.6 Å². The Morgan fingerprint density at radius 2 is 2.24 bits per heavy atom. The van der Waals surface area contributed by atoms with Crippen LogP contribution < -0.4 is 5.32 Å². The van der Waals surface area contributed by atoms with Crippen molar-refractivity contribution in [3.8, 4) is 0 Å². The van der Waals surface area contributed by atoms with Crippen LogP contribution in [0.2, 0.25) is 0 Å². The molecule has 1 aliphatic rings. The van der Waals surface area contributed by atoms with Gasteiger partial charge in [-0.1, -0.05) is 0 Å². The fraction of sp³-hybridized carbons (Fsp3) is 0.500. The van der Waals surface area contributed by atoms with Crippen molar-refractivity contribution in [1.29, 1.82) is 0 Å². The van der Waals surface area contributed by atoms with Gasteiger partial charge in [-0.15, -0.1) is 0 Å². The molecule has 1 aliphatic carbocycles. The third kappa shape index (κ3) is 2.48. The van der Waals surface area contributed by atoms with E-state index in [9.17, 15) is 4.79 Å². The van der Waals surface area contributed by atoms with Crippen molar-refractivity contribution in [2.75, 3.05) is 5.32 Å². The summed E-state index contributed by atoms with van der Waals surface area (Å²) in [7, 11) is 0. The highest BCUT2D eigenvalue weighted by Gasteiger charge is 2.46. The van der Waals surface area contributed by atoms with Gasteiger partial charge in [0.2, 0.25) is 5.91 Å². The van der Waals surface area contributed by atoms with Gasteiger partial charge in [0.15, 0.2) is 0 Å². The van der Waals surface area contributed by atoms with Crippen molar-refractivity contribution in [2.24, 2.45) is 5.92 Å². The lowest BCUT2D eigenvalue weighted by Gasteiger charge is -2.09. The molecule has 0 saturated heterocycles. The van der Waals surface area contributed by atoms with Crippen molar-refractivity contribution in [3.05, 3.63) is 35.5 Å². The summed E-state index contributed by atoms with van der Waals surface area (Å²) >= 11 is 0. The molecule has 21 heavy (non-hydrogen) atoms. The number of aromatic nitrogens is 2. The molecule has 5 heteroatoms. The van der Waals surface area contributed by atoms with E-state index in [2.05, 4.69) is 24.3 Å². The molecule has 0 unspecified atom stereocenters. The van der Waals surface area contributed by atoms with Gasteiger partial charge in [0.25, 0.3) is 0 Å². The summed E-state index contributed by atoms with van der Waals surface area (Å²) in [5.74, 6) is 1.20. The zero-order valence-electron chi connectivity index (χ0n) is 12.9. The van der Waals surface area contributed by atoms with Crippen LogP contribution in [0.1, 0.15) is 49.4 Å². The summed E-state index contributed by atoms with van der Waals surface area (Å²) in [4.78, 5) is 12.4. The second-order valence-corrected chi connectivity index (χ2v) is 6.04. The molecule has 1 amide bonds. The Kier molecular flexibility index (Phi) is 3.35. The zero-order chi connectivity index (χ0) is 15.1. The SMILES string of the molecule is Cc1nn(C(C)C)c(C)c1NC(=O)[C@@H]1C[C@H]1c1ccco1. The van der Waals surface area contributed by atoms with Gasteiger partial charge in [-0.05, 0) is 46.2 Å². The Balaban J connectivity index is 1.72. The van der Waals surface area contributed by atoms with Crippen molar-refractivity contribution in [1.82, 2.24) is 9.78 Å². The summed E-state index contributed by atoms with van der Waals surface area (Å²) in [5, 5.41) is 7.54. The normalized spacial score (nSPS) is 20.8. The van der Waals surface area contributed by atoms with Gasteiger partial charge >= 0.3 is 0 Å². The minimum absolute atomic E-state index is 0.0114. The average Bonchev–Trinajstić information content (AvgIpc) is 2.95. The molecule has 2 aromatic rings. The molecule has 0 radical (unpaired) electrons. The van der Waals surface area contributed by atoms with Gasteiger partial charge in [-0.3, -0.25) is 9.48 Å². The Bertz CT molecular complexity index is 655. The van der Waals surface area contributed by atoms with E-state index in [4.69, 9.17) is 4.42 Å². The summed E-state index contributed by atoms with van der Waals surface area (Å²) in [6.07, 6.45) is 2.51. The monoisotopic (exact) mass is 287 g/mol. The number of anilines is 1. The van der Waals surface area contributed by atoms with Crippen LogP contribution in [0.4, 0.5) is 5.69 Å². The highest BCUT2D eigenvalue weighted by atomic mass is 16.3. The Morgan fingerprint density at radius 1 is 1.48 bits per heavy atom. The van der Waals surface area contributed by atoms with E-state index in [1.165, 1.54) is 0 Å². The summed E-state index contributed by atoms with van der Waals surface area (Å²) in [6.45, 7) is 8.09. The summed E-state index contributed by atoms with van der Waals surface area (Å²) in [6, 6.07) is 4.08. The summed E-state index contributed by atoms with van der Waals surface area (Å²) in [5.41, 5.74) is 2.72. The fourth-order valence-electron chi connectivity index (χ4n) is 2.86. The molecule has 2 atom stereocenters. The lowest BCUT2D eigenvalue weighted by Crippen LogP contribution is -2.16. The van der Waals surface area contributed by atoms with Crippen LogP contribution in [0.15, 0.2) is 22.8 Å². The van der Waals surface area contributed by atoms with Crippen molar-refractivity contribution in [2.45, 2.75) is 46.1 Å². The van der Waals surface area contributed by atoms with Gasteiger partial charge in [0.1, 0.15) is 5.76 Å². The van der Waals surface area contributed by atoms with Gasteiger partial charge in [0, 0.05) is 17.9 Å². The standard InChI is InChI=1S/C16H21N3O2/c1-9(2)19-11(4)15(10(3)18-19)17-16(20)13-8-12(13)14-6-5-7-21-14/h5-7,9,12-13H,8H2,1-4H3,(H,17,20)/t12-,13-/m1/s1. The molecule has 112 valence electrons. The van der Waals surface area contributed by atoms with E-state index in [1.807, 2.05) is 30.7 Å². The van der Waals surface area contributed by atoms with Gasteiger partial charge < -0.3 is 9.73 Å². The predicted molar refractivity (Wildman–Crippen MR) is 80.3 cm³/mol. The Morgan fingerprint density at radius 3 is 2.81 bits per heavy atom. The smallest absolute Gasteiger partial charge is 0.228 e. The van der Waals surface area contributed by atoms with E-state index < -0.39 is 0 Å². The first-order valence-corrected chi connectivity index (χ1v) is 7.39. The van der Waals surface area contributed by atoms with Gasteiger partial charge in [-0.25, -0.2) is 0 Å². The average molecular weight is 287 g/mol. The Labute approximate surface area is 124 Å². The lowest BCUT2D eigenvalue weighted by atomic mass is 10.2. The molecule has 5 nitrogen and oxygen atoms in total. The van der Waals surface area contributed by atoms with Crippen LogP contribution in [0, 0.1) is 19.8 Å². The van der Waals surface area contributed by atoms with E-state index >= 15 is 0 Å². The second kappa shape index (κ2) is 5.06. The number of carbonyl (C=O) groups is 1. The predicted octanol–water partition coefficient (Wildman–Crippen LogP) is 3.42. The molecule has 2 aromatic heterocycles. The molecule has 0 aromatic carbocycles. The molecule has 0 bridgehead atoms. The first-order valence-electron chi connectivity index (χ1n) is 7.39. The zero-order valence-corrected chi connectivity index (χ0v) is 12.9. The van der Waals surface area contributed by atoms with Crippen LogP contribution >= 0.6 is 0 Å². The molecule has 0 aliphatic heterocycles. The molecule has 1 fully saturated rings. The largest absolute Gasteiger partial charge is 0.469 e. The van der Waals surface area contributed by atoms with Crippen molar-refractivity contribution in [3.63, 3.8) is 0 Å². The second-order valence-electron chi connectivity index (χ2n) is 6.04. The van der Waals surface area contributed by atoms with E-state index in [1.54, 1.807) is 6.26 Å². The third-order valence-corrected chi connectivity index (χ3v) is 4.10. The highest BCUT2D eigenvalue weighted by Crippen LogP contribution is 2.48. The number of amides is 1. The third-order valence-electron chi connectivity index (χ3n) is 4.10. The number of furan rings is 1. The van der Waals surface area contributed by atoms with Gasteiger partial charge in [-0.2, -0.15) is 5.10 Å². The molecule has 3 rings (SSSR count). The number of hydrogen-bond acceptors (Lipinski definition) is 3. The maximum atomic E-state index is 12.4. The van der Waals surface area contributed by atoms with Crippen LogP contribution in [0.25, 0.3) is 0 Å². The lowest BCUT2D eigenvalue weighted by molar-refractivity contribution is -0.117. The first kappa shape index (κ1) is 13.9. The minimum Gasteiger partial charge on any atom is -0.469 e. The number of hydrogen-bond donors (Lipinski definition) is 1. The number of rotatable bonds is 4. The Hall–Kier alpha value is -2.04. The topological polar surface area (TPSA) is 60.1 Å². The number of carbonyl (C=O) groups excluding carboxylic acids is 1. The molecule has 2 heterocycles. The molecular weight excluding hydrogens is 266 g/mol. The van der Waals surface area contributed by atoms with Gasteiger partial charge in [0.05, 0.1) is 23.3 Å². The molecule has 1 saturated carbocycles.